The molecule has 11 rings (SSSR count). The van der Waals surface area contributed by atoms with Crippen LogP contribution >= 0.6 is 11.3 Å². The van der Waals surface area contributed by atoms with E-state index in [2.05, 4.69) is 140 Å². The second-order valence-corrected chi connectivity index (χ2v) is 15.0. The average Bonchev–Trinajstić information content (AvgIpc) is 3.85. The van der Waals surface area contributed by atoms with E-state index >= 15 is 0 Å². The summed E-state index contributed by atoms with van der Waals surface area (Å²) in [7, 11) is 0. The first-order chi connectivity index (χ1) is 27.7. The zero-order chi connectivity index (χ0) is 37.0. The van der Waals surface area contributed by atoms with E-state index in [1.54, 1.807) is 0 Å². The molecule has 262 valence electrons. The highest BCUT2D eigenvalue weighted by Gasteiger charge is 2.21. The topological polar surface area (TPSA) is 51.8 Å². The summed E-state index contributed by atoms with van der Waals surface area (Å²) in [5, 5.41) is 4.53. The van der Waals surface area contributed by atoms with Gasteiger partial charge < -0.3 is 4.42 Å². The zero-order valence-corrected chi connectivity index (χ0v) is 30.9. The van der Waals surface area contributed by atoms with Gasteiger partial charge in [-0.2, -0.15) is 0 Å². The van der Waals surface area contributed by atoms with E-state index in [-0.39, 0.29) is 0 Å². The van der Waals surface area contributed by atoms with E-state index in [1.807, 2.05) is 59.9 Å². The van der Waals surface area contributed by atoms with Gasteiger partial charge in [0.15, 0.2) is 17.5 Å². The van der Waals surface area contributed by atoms with Gasteiger partial charge in [-0.3, -0.25) is 0 Å². The van der Waals surface area contributed by atoms with E-state index in [1.165, 1.54) is 42.4 Å². The Morgan fingerprint density at radius 2 is 0.929 bits per heavy atom. The fourth-order valence-corrected chi connectivity index (χ4v) is 9.04. The summed E-state index contributed by atoms with van der Waals surface area (Å²) in [6.07, 6.45) is 0. The summed E-state index contributed by atoms with van der Waals surface area (Å²) in [6.45, 7) is 0. The van der Waals surface area contributed by atoms with Crippen LogP contribution < -0.4 is 0 Å². The van der Waals surface area contributed by atoms with E-state index in [0.29, 0.717) is 17.5 Å². The van der Waals surface area contributed by atoms with Crippen molar-refractivity contribution in [3.8, 4) is 67.5 Å². The summed E-state index contributed by atoms with van der Waals surface area (Å²) in [5.41, 5.74) is 11.3. The first-order valence-corrected chi connectivity index (χ1v) is 19.5. The second kappa shape index (κ2) is 13.3. The largest absolute Gasteiger partial charge is 0.456 e. The molecule has 0 bridgehead atoms. The highest BCUT2D eigenvalue weighted by Crippen LogP contribution is 2.46. The van der Waals surface area contributed by atoms with Gasteiger partial charge in [0.05, 0.1) is 0 Å². The number of aromatic nitrogens is 3. The zero-order valence-electron chi connectivity index (χ0n) is 30.1. The fourth-order valence-electron chi connectivity index (χ4n) is 7.93. The predicted molar refractivity (Wildman–Crippen MR) is 233 cm³/mol. The number of benzene rings is 8. The normalized spacial score (nSPS) is 11.6. The van der Waals surface area contributed by atoms with Crippen LogP contribution in [0.1, 0.15) is 0 Å². The first kappa shape index (κ1) is 32.2. The number of rotatable bonds is 6. The molecule has 56 heavy (non-hydrogen) atoms. The molecular weight excluding hydrogens is 703 g/mol. The summed E-state index contributed by atoms with van der Waals surface area (Å²) in [5.74, 6) is 1.83. The molecule has 0 saturated heterocycles. The molecule has 0 aliphatic carbocycles. The smallest absolute Gasteiger partial charge is 0.164 e. The van der Waals surface area contributed by atoms with Crippen molar-refractivity contribution in [2.24, 2.45) is 0 Å². The maximum atomic E-state index is 6.72. The van der Waals surface area contributed by atoms with Gasteiger partial charge in [-0.15, -0.1) is 11.3 Å². The fraction of sp³-hybridized carbons (Fsp3) is 0. The van der Waals surface area contributed by atoms with Crippen LogP contribution in [0.2, 0.25) is 0 Å². The lowest BCUT2D eigenvalue weighted by molar-refractivity contribution is 0.669. The molecule has 0 fully saturated rings. The molecule has 0 N–H and O–H groups in total. The monoisotopic (exact) mass is 733 g/mol. The summed E-state index contributed by atoms with van der Waals surface area (Å²) < 4.78 is 9.27. The van der Waals surface area contributed by atoms with E-state index in [0.717, 1.165) is 49.8 Å². The van der Waals surface area contributed by atoms with Crippen LogP contribution in [0.25, 0.3) is 110 Å². The molecule has 11 aromatic rings. The summed E-state index contributed by atoms with van der Waals surface area (Å²) in [6, 6.07) is 65.6. The molecular formula is C51H31N3OS. The van der Waals surface area contributed by atoms with E-state index in [4.69, 9.17) is 19.4 Å². The lowest BCUT2D eigenvalue weighted by atomic mass is 9.90. The molecule has 0 amide bonds. The van der Waals surface area contributed by atoms with Gasteiger partial charge in [-0.1, -0.05) is 158 Å². The maximum absolute atomic E-state index is 6.72. The number of nitrogens with zero attached hydrogens (tertiary/aromatic N) is 3. The lowest BCUT2D eigenvalue weighted by Crippen LogP contribution is -2.00. The molecule has 0 aliphatic heterocycles. The van der Waals surface area contributed by atoms with Gasteiger partial charge in [-0.25, -0.2) is 15.0 Å². The number of fused-ring (bicyclic) bond motifs is 6. The lowest BCUT2D eigenvalue weighted by Gasteiger charge is -2.13. The molecule has 0 aliphatic rings. The molecule has 0 unspecified atom stereocenters. The van der Waals surface area contributed by atoms with Crippen molar-refractivity contribution in [3.63, 3.8) is 0 Å². The molecule has 0 spiro atoms. The summed E-state index contributed by atoms with van der Waals surface area (Å²) in [4.78, 5) is 15.3. The van der Waals surface area contributed by atoms with E-state index in [9.17, 15) is 0 Å². The van der Waals surface area contributed by atoms with Gasteiger partial charge in [-0.05, 0) is 63.7 Å². The van der Waals surface area contributed by atoms with Crippen molar-refractivity contribution >= 4 is 53.4 Å². The Bertz CT molecular complexity index is 3230. The van der Waals surface area contributed by atoms with Crippen LogP contribution in [-0.4, -0.2) is 15.0 Å². The summed E-state index contributed by atoms with van der Waals surface area (Å²) >= 11 is 1.84. The minimum atomic E-state index is 0.597. The van der Waals surface area contributed by atoms with Gasteiger partial charge in [0.1, 0.15) is 11.2 Å². The SMILES string of the molecule is c1ccc(-c2ccc(-c3nc(-c4ccccc4)nc(-c4cccc5oc6cc(-c7c(-c8ccccc8)ccc8sc9ccccc9c78)ccc6c45)n3)cc2)cc1. The molecule has 0 radical (unpaired) electrons. The molecule has 0 saturated carbocycles. The van der Waals surface area contributed by atoms with Crippen molar-refractivity contribution in [3.05, 3.63) is 188 Å². The van der Waals surface area contributed by atoms with Crippen LogP contribution in [0.5, 0.6) is 0 Å². The first-order valence-electron chi connectivity index (χ1n) is 18.7. The molecule has 3 heterocycles. The number of hydrogen-bond acceptors (Lipinski definition) is 5. The van der Waals surface area contributed by atoms with Crippen LogP contribution in [0.15, 0.2) is 192 Å². The van der Waals surface area contributed by atoms with Gasteiger partial charge in [0.2, 0.25) is 0 Å². The van der Waals surface area contributed by atoms with Crippen LogP contribution in [0, 0.1) is 0 Å². The Balaban J connectivity index is 1.09. The van der Waals surface area contributed by atoms with Crippen molar-refractivity contribution in [2.45, 2.75) is 0 Å². The Hall–Kier alpha value is -7.21. The Morgan fingerprint density at radius 3 is 1.68 bits per heavy atom. The third-order valence-corrected chi connectivity index (χ3v) is 11.7. The van der Waals surface area contributed by atoms with Crippen LogP contribution in [0.3, 0.4) is 0 Å². The number of furan rings is 1. The highest BCUT2D eigenvalue weighted by molar-refractivity contribution is 7.26. The Labute approximate surface area is 327 Å². The maximum Gasteiger partial charge on any atom is 0.164 e. The standard InChI is InChI=1S/C51H31N3OS/c1-4-13-32(14-5-1)33-23-25-36(26-24-33)50-52-49(35-17-8-3-9-18-35)53-51(54-50)41-20-12-21-42-47(41)39-28-27-37(31-43(39)55-42)46-38(34-15-6-2-7-16-34)29-30-45-48(46)40-19-10-11-22-44(40)56-45/h1-31H. The molecule has 5 heteroatoms. The van der Waals surface area contributed by atoms with Crippen LogP contribution in [-0.2, 0) is 0 Å². The Kier molecular flexibility index (Phi) is 7.64. The molecule has 3 aromatic heterocycles. The average molecular weight is 734 g/mol. The minimum Gasteiger partial charge on any atom is -0.456 e. The highest BCUT2D eigenvalue weighted by atomic mass is 32.1. The second-order valence-electron chi connectivity index (χ2n) is 13.9. The van der Waals surface area contributed by atoms with E-state index < -0.39 is 0 Å². The van der Waals surface area contributed by atoms with Gasteiger partial charge in [0, 0.05) is 47.6 Å². The minimum absolute atomic E-state index is 0.597. The molecule has 0 atom stereocenters. The van der Waals surface area contributed by atoms with Crippen molar-refractivity contribution < 1.29 is 4.42 Å². The number of thiophene rings is 1. The van der Waals surface area contributed by atoms with Crippen molar-refractivity contribution in [1.29, 1.82) is 0 Å². The number of hydrogen-bond donors (Lipinski definition) is 0. The molecule has 4 nitrogen and oxygen atoms in total. The third-order valence-electron chi connectivity index (χ3n) is 10.6. The molecule has 8 aromatic carbocycles. The van der Waals surface area contributed by atoms with Crippen molar-refractivity contribution in [2.75, 3.05) is 0 Å². The van der Waals surface area contributed by atoms with Gasteiger partial charge >= 0.3 is 0 Å². The predicted octanol–water partition coefficient (Wildman–Crippen LogP) is 14.1. The quantitative estimate of drug-likeness (QED) is 0.171. The van der Waals surface area contributed by atoms with Crippen molar-refractivity contribution in [1.82, 2.24) is 15.0 Å². The van der Waals surface area contributed by atoms with Crippen LogP contribution in [0.4, 0.5) is 0 Å². The Morgan fingerprint density at radius 1 is 0.339 bits per heavy atom. The van der Waals surface area contributed by atoms with Gasteiger partial charge in [0.25, 0.3) is 0 Å². The third kappa shape index (κ3) is 5.48.